The third-order valence-electron chi connectivity index (χ3n) is 5.68. The van der Waals surface area contributed by atoms with Crippen molar-refractivity contribution < 1.29 is 13.2 Å². The smallest absolute Gasteiger partial charge is 0.265 e. The van der Waals surface area contributed by atoms with Crippen LogP contribution in [0.2, 0.25) is 0 Å². The second-order valence-electron chi connectivity index (χ2n) is 7.36. The molecule has 146 valence electrons. The number of hydrogen-bond acceptors (Lipinski definition) is 3. The zero-order chi connectivity index (χ0) is 20.0. The first-order chi connectivity index (χ1) is 14.1. The molecule has 29 heavy (non-hydrogen) atoms. The van der Waals surface area contributed by atoms with Gasteiger partial charge >= 0.3 is 0 Å². The molecule has 2 aliphatic heterocycles. The van der Waals surface area contributed by atoms with E-state index in [9.17, 15) is 13.2 Å². The first-order valence-corrected chi connectivity index (χ1v) is 11.1. The molecule has 0 saturated heterocycles. The number of carbonyl (C=O) groups is 1. The van der Waals surface area contributed by atoms with Crippen molar-refractivity contribution in [2.75, 3.05) is 17.4 Å². The molecule has 0 radical (unpaired) electrons. The maximum absolute atomic E-state index is 13.3. The predicted molar refractivity (Wildman–Crippen MR) is 112 cm³/mol. The summed E-state index contributed by atoms with van der Waals surface area (Å²) in [5.74, 6) is -0.183. The summed E-state index contributed by atoms with van der Waals surface area (Å²) < 4.78 is 27.9. The van der Waals surface area contributed by atoms with Crippen molar-refractivity contribution in [2.24, 2.45) is 0 Å². The largest absolute Gasteiger partial charge is 0.336 e. The van der Waals surface area contributed by atoms with E-state index in [0.29, 0.717) is 24.3 Å². The van der Waals surface area contributed by atoms with Crippen LogP contribution in [0.15, 0.2) is 77.7 Å². The number of benzene rings is 3. The van der Waals surface area contributed by atoms with Gasteiger partial charge in [-0.15, -0.1) is 0 Å². The van der Waals surface area contributed by atoms with Gasteiger partial charge in [0.15, 0.2) is 0 Å². The van der Waals surface area contributed by atoms with Gasteiger partial charge in [0.25, 0.3) is 10.0 Å². The minimum Gasteiger partial charge on any atom is -0.336 e. The van der Waals surface area contributed by atoms with E-state index in [1.165, 1.54) is 9.87 Å². The van der Waals surface area contributed by atoms with Crippen molar-refractivity contribution in [3.63, 3.8) is 0 Å². The number of carbonyl (C=O) groups excluding carboxylic acids is 1. The highest BCUT2D eigenvalue weighted by Crippen LogP contribution is 2.42. The first-order valence-electron chi connectivity index (χ1n) is 9.61. The average Bonchev–Trinajstić information content (AvgIpc) is 2.76. The molecular formula is C23H20N2O3S. The second-order valence-corrected chi connectivity index (χ2v) is 9.19. The van der Waals surface area contributed by atoms with Crippen LogP contribution in [0.4, 0.5) is 5.69 Å². The number of fused-ring (bicyclic) bond motifs is 4. The quantitative estimate of drug-likeness (QED) is 0.657. The molecule has 0 unspecified atom stereocenters. The molecule has 2 aliphatic rings. The molecule has 0 aromatic heterocycles. The molecule has 5 nitrogen and oxygen atoms in total. The van der Waals surface area contributed by atoms with Crippen LogP contribution in [0.1, 0.15) is 11.1 Å². The third-order valence-corrected chi connectivity index (χ3v) is 7.50. The summed E-state index contributed by atoms with van der Waals surface area (Å²) in [5, 5.41) is 0. The van der Waals surface area contributed by atoms with Gasteiger partial charge in [-0.3, -0.25) is 9.10 Å². The Kier molecular flexibility index (Phi) is 4.17. The Balaban J connectivity index is 1.49. The van der Waals surface area contributed by atoms with Crippen molar-refractivity contribution in [3.8, 4) is 11.1 Å². The fourth-order valence-electron chi connectivity index (χ4n) is 4.18. The van der Waals surface area contributed by atoms with E-state index >= 15 is 0 Å². The molecule has 0 aliphatic carbocycles. The molecular weight excluding hydrogens is 384 g/mol. The van der Waals surface area contributed by atoms with Crippen LogP contribution >= 0.6 is 0 Å². The maximum Gasteiger partial charge on any atom is 0.265 e. The van der Waals surface area contributed by atoms with E-state index in [2.05, 4.69) is 6.07 Å². The Morgan fingerprint density at radius 3 is 2.31 bits per heavy atom. The predicted octanol–water partition coefficient (Wildman–Crippen LogP) is 3.45. The number of nitrogens with zero attached hydrogens (tertiary/aromatic N) is 2. The van der Waals surface area contributed by atoms with Gasteiger partial charge in [0.1, 0.15) is 6.54 Å². The van der Waals surface area contributed by atoms with Gasteiger partial charge in [-0.2, -0.15) is 0 Å². The molecule has 3 aromatic carbocycles. The Labute approximate surface area is 170 Å². The third kappa shape index (κ3) is 2.91. The summed E-state index contributed by atoms with van der Waals surface area (Å²) in [6.07, 6.45) is 0.786. The summed E-state index contributed by atoms with van der Waals surface area (Å²) in [6, 6.07) is 22.4. The molecule has 2 heterocycles. The summed E-state index contributed by atoms with van der Waals surface area (Å²) in [7, 11) is -3.80. The second kappa shape index (κ2) is 6.74. The number of sulfonamides is 1. The fraction of sp³-hybridized carbons (Fsp3) is 0.174. The maximum atomic E-state index is 13.3. The molecule has 0 spiro atoms. The zero-order valence-corrected chi connectivity index (χ0v) is 16.6. The number of amides is 1. The van der Waals surface area contributed by atoms with Gasteiger partial charge in [0.05, 0.1) is 10.6 Å². The van der Waals surface area contributed by atoms with Gasteiger partial charge in [0, 0.05) is 24.2 Å². The van der Waals surface area contributed by atoms with Crippen LogP contribution in [-0.4, -0.2) is 32.3 Å². The van der Waals surface area contributed by atoms with Crippen molar-refractivity contribution in [3.05, 3.63) is 83.9 Å². The lowest BCUT2D eigenvalue weighted by atomic mass is 10.00. The molecule has 5 rings (SSSR count). The van der Waals surface area contributed by atoms with Crippen LogP contribution in [0, 0.1) is 0 Å². The minimum atomic E-state index is -3.80. The van der Waals surface area contributed by atoms with E-state index < -0.39 is 10.0 Å². The van der Waals surface area contributed by atoms with E-state index in [1.807, 2.05) is 42.5 Å². The van der Waals surface area contributed by atoms with Gasteiger partial charge in [-0.05, 0) is 29.7 Å². The normalized spacial score (nSPS) is 16.6. The van der Waals surface area contributed by atoms with Gasteiger partial charge < -0.3 is 4.90 Å². The van der Waals surface area contributed by atoms with Crippen LogP contribution in [0.5, 0.6) is 0 Å². The Morgan fingerprint density at radius 2 is 1.48 bits per heavy atom. The standard InChI is InChI=1S/C23H20N2O3S/c26-23(24-14-13-17-7-1-2-8-18(17)15-24)16-25-21-11-5-3-9-19(21)20-10-4-6-12-22(20)29(25,27)28/h1-12H,13-16H2. The molecule has 0 atom stereocenters. The van der Waals surface area contributed by atoms with Gasteiger partial charge in [-0.1, -0.05) is 60.7 Å². The van der Waals surface area contributed by atoms with Crippen molar-refractivity contribution in [2.45, 2.75) is 17.9 Å². The van der Waals surface area contributed by atoms with Crippen molar-refractivity contribution in [1.29, 1.82) is 0 Å². The topological polar surface area (TPSA) is 57.7 Å². The first kappa shape index (κ1) is 17.9. The molecule has 3 aromatic rings. The lowest BCUT2D eigenvalue weighted by Gasteiger charge is -2.34. The van der Waals surface area contributed by atoms with Gasteiger partial charge in [-0.25, -0.2) is 8.42 Å². The van der Waals surface area contributed by atoms with E-state index in [0.717, 1.165) is 17.5 Å². The molecule has 1 amide bonds. The Morgan fingerprint density at radius 1 is 0.828 bits per heavy atom. The molecule has 6 heteroatoms. The average molecular weight is 404 g/mol. The number of rotatable bonds is 2. The minimum absolute atomic E-state index is 0.183. The van der Waals surface area contributed by atoms with Gasteiger partial charge in [0.2, 0.25) is 5.91 Å². The summed E-state index contributed by atoms with van der Waals surface area (Å²) in [6.45, 7) is 0.916. The van der Waals surface area contributed by atoms with E-state index in [1.54, 1.807) is 29.2 Å². The fourth-order valence-corrected chi connectivity index (χ4v) is 5.83. The Hall–Kier alpha value is -3.12. The van der Waals surface area contributed by atoms with Crippen molar-refractivity contribution >= 4 is 21.6 Å². The molecule has 0 saturated carbocycles. The highest BCUT2D eigenvalue weighted by Gasteiger charge is 2.36. The number of hydrogen-bond donors (Lipinski definition) is 0. The Bertz CT molecular complexity index is 1220. The lowest BCUT2D eigenvalue weighted by molar-refractivity contribution is -0.130. The highest BCUT2D eigenvalue weighted by molar-refractivity contribution is 7.93. The molecule has 0 fully saturated rings. The lowest BCUT2D eigenvalue weighted by Crippen LogP contribution is -2.45. The number of para-hydroxylation sites is 1. The monoisotopic (exact) mass is 404 g/mol. The molecule has 0 bridgehead atoms. The summed E-state index contributed by atoms with van der Waals surface area (Å²) >= 11 is 0. The van der Waals surface area contributed by atoms with E-state index in [4.69, 9.17) is 0 Å². The molecule has 0 N–H and O–H groups in total. The van der Waals surface area contributed by atoms with Crippen molar-refractivity contribution in [1.82, 2.24) is 4.90 Å². The highest BCUT2D eigenvalue weighted by atomic mass is 32.2. The van der Waals surface area contributed by atoms with Crippen LogP contribution in [-0.2, 0) is 27.8 Å². The zero-order valence-electron chi connectivity index (χ0n) is 15.8. The summed E-state index contributed by atoms with van der Waals surface area (Å²) in [4.78, 5) is 15.1. The van der Waals surface area contributed by atoms with Crippen LogP contribution in [0.25, 0.3) is 11.1 Å². The SMILES string of the molecule is O=C(CN1c2ccccc2-c2ccccc2S1(=O)=O)N1CCc2ccccc2C1. The van der Waals surface area contributed by atoms with Crippen LogP contribution in [0.3, 0.4) is 0 Å². The van der Waals surface area contributed by atoms with Crippen LogP contribution < -0.4 is 4.31 Å². The number of anilines is 1. The van der Waals surface area contributed by atoms with E-state index in [-0.39, 0.29) is 17.3 Å². The summed E-state index contributed by atoms with van der Waals surface area (Å²) in [5.41, 5.74) is 4.44.